The molecule has 0 unspecified atom stereocenters. The quantitative estimate of drug-likeness (QED) is 0.502. The lowest BCUT2D eigenvalue weighted by Crippen LogP contribution is -2.44. The summed E-state index contributed by atoms with van der Waals surface area (Å²) in [5.41, 5.74) is 2.83. The van der Waals surface area contributed by atoms with Crippen molar-refractivity contribution >= 4 is 40.4 Å². The number of benzene rings is 2. The number of nitrogens with one attached hydrogen (secondary N) is 1. The average molecular weight is 505 g/mol. The van der Waals surface area contributed by atoms with Crippen LogP contribution in [0.1, 0.15) is 57.2 Å². The number of piperidine rings is 1. The van der Waals surface area contributed by atoms with Crippen LogP contribution in [0.25, 0.3) is 0 Å². The number of ether oxygens (including phenoxy) is 1. The summed E-state index contributed by atoms with van der Waals surface area (Å²) >= 11 is 1.56. The third-order valence-corrected chi connectivity index (χ3v) is 7.59. The number of carbonyl (C=O) groups is 3. The maximum atomic E-state index is 13.5. The van der Waals surface area contributed by atoms with E-state index in [4.69, 9.17) is 4.74 Å². The van der Waals surface area contributed by atoms with E-state index >= 15 is 0 Å². The van der Waals surface area contributed by atoms with Crippen LogP contribution in [0.4, 0.5) is 11.4 Å². The molecule has 3 amide bonds. The zero-order valence-corrected chi connectivity index (χ0v) is 21.3. The van der Waals surface area contributed by atoms with Crippen molar-refractivity contribution in [1.82, 2.24) is 10.3 Å². The first-order valence-electron chi connectivity index (χ1n) is 12.0. The van der Waals surface area contributed by atoms with Crippen LogP contribution in [-0.2, 0) is 4.79 Å². The van der Waals surface area contributed by atoms with Crippen LogP contribution in [0.15, 0.2) is 47.8 Å². The van der Waals surface area contributed by atoms with Gasteiger partial charge in [0.1, 0.15) is 5.75 Å². The normalized spacial score (nSPS) is 18.2. The second-order valence-electron chi connectivity index (χ2n) is 9.15. The zero-order valence-electron chi connectivity index (χ0n) is 20.5. The van der Waals surface area contributed by atoms with E-state index in [-0.39, 0.29) is 29.7 Å². The van der Waals surface area contributed by atoms with Gasteiger partial charge in [-0.1, -0.05) is 6.07 Å². The lowest BCUT2D eigenvalue weighted by Gasteiger charge is -2.35. The molecule has 1 saturated heterocycles. The Bertz CT molecular complexity index is 1320. The number of hydrogen-bond donors (Lipinski definition) is 1. The minimum Gasteiger partial charge on any atom is -0.497 e. The average Bonchev–Trinajstić information content (AvgIpc) is 3.45. The molecular formula is C27H28N4O4S. The molecule has 2 aliphatic heterocycles. The fourth-order valence-corrected chi connectivity index (χ4v) is 5.60. The highest BCUT2D eigenvalue weighted by molar-refractivity contribution is 7.09. The standard InChI is InChI=1S/C27H28N4O4S/c1-16(22-15-36-17(2)29-22)28-25(32)18-6-5-13-30(14-18)23-8-4-7-21-24(23)27(34)31(26(21)33)19-9-11-20(35-3)12-10-19/h4,7-12,15-16,18H,5-6,13-14H2,1-3H3,(H,28,32)/t16-,18+/m0/s1. The molecule has 0 radical (unpaired) electrons. The number of amides is 3. The molecule has 9 heteroatoms. The summed E-state index contributed by atoms with van der Waals surface area (Å²) in [5, 5.41) is 6.03. The van der Waals surface area contributed by atoms with E-state index in [0.29, 0.717) is 41.3 Å². The molecule has 8 nitrogen and oxygen atoms in total. The summed E-state index contributed by atoms with van der Waals surface area (Å²) in [4.78, 5) is 47.6. The van der Waals surface area contributed by atoms with E-state index in [2.05, 4.69) is 15.2 Å². The van der Waals surface area contributed by atoms with E-state index in [9.17, 15) is 14.4 Å². The van der Waals surface area contributed by atoms with Gasteiger partial charge in [0.2, 0.25) is 5.91 Å². The molecule has 36 heavy (non-hydrogen) atoms. The molecule has 2 atom stereocenters. The molecule has 0 spiro atoms. The number of aryl methyl sites for hydroxylation is 1. The maximum Gasteiger partial charge on any atom is 0.268 e. The van der Waals surface area contributed by atoms with Crippen molar-refractivity contribution < 1.29 is 19.1 Å². The third kappa shape index (κ3) is 4.35. The van der Waals surface area contributed by atoms with Crippen molar-refractivity contribution in [1.29, 1.82) is 0 Å². The van der Waals surface area contributed by atoms with Gasteiger partial charge in [0.15, 0.2) is 0 Å². The Morgan fingerprint density at radius 1 is 1.17 bits per heavy atom. The summed E-state index contributed by atoms with van der Waals surface area (Å²) in [6.07, 6.45) is 1.58. The summed E-state index contributed by atoms with van der Waals surface area (Å²) in [6.45, 7) is 5.08. The number of imide groups is 1. The van der Waals surface area contributed by atoms with E-state index in [1.165, 1.54) is 4.90 Å². The Labute approximate surface area is 213 Å². The molecule has 2 aliphatic rings. The first-order chi connectivity index (χ1) is 17.4. The summed E-state index contributed by atoms with van der Waals surface area (Å²) in [7, 11) is 1.57. The van der Waals surface area contributed by atoms with Gasteiger partial charge in [-0.05, 0) is 63.1 Å². The highest BCUT2D eigenvalue weighted by Crippen LogP contribution is 2.36. The fourth-order valence-electron chi connectivity index (χ4n) is 4.89. The molecule has 3 heterocycles. The number of nitrogens with zero attached hydrogens (tertiary/aromatic N) is 3. The number of rotatable bonds is 6. The molecule has 1 fully saturated rings. The molecule has 1 N–H and O–H groups in total. The van der Waals surface area contributed by atoms with E-state index in [0.717, 1.165) is 23.5 Å². The van der Waals surface area contributed by atoms with Crippen LogP contribution in [0, 0.1) is 12.8 Å². The van der Waals surface area contributed by atoms with Gasteiger partial charge in [0.25, 0.3) is 11.8 Å². The Morgan fingerprint density at radius 3 is 2.64 bits per heavy atom. The van der Waals surface area contributed by atoms with Gasteiger partial charge in [-0.3, -0.25) is 14.4 Å². The van der Waals surface area contributed by atoms with Crippen LogP contribution in [0.3, 0.4) is 0 Å². The second kappa shape index (κ2) is 9.73. The number of aromatic nitrogens is 1. The molecule has 0 bridgehead atoms. The van der Waals surface area contributed by atoms with Gasteiger partial charge in [-0.2, -0.15) is 0 Å². The lowest BCUT2D eigenvalue weighted by atomic mass is 9.95. The summed E-state index contributed by atoms with van der Waals surface area (Å²) in [5.74, 6) is -0.294. The number of carbonyl (C=O) groups excluding carboxylic acids is 3. The largest absolute Gasteiger partial charge is 0.497 e. The van der Waals surface area contributed by atoms with Crippen LogP contribution in [0.5, 0.6) is 5.75 Å². The van der Waals surface area contributed by atoms with Gasteiger partial charge in [0, 0.05) is 18.5 Å². The van der Waals surface area contributed by atoms with Gasteiger partial charge in [0.05, 0.1) is 52.3 Å². The smallest absolute Gasteiger partial charge is 0.268 e. The van der Waals surface area contributed by atoms with E-state index < -0.39 is 0 Å². The summed E-state index contributed by atoms with van der Waals surface area (Å²) in [6, 6.07) is 12.0. The van der Waals surface area contributed by atoms with Crippen molar-refractivity contribution in [2.75, 3.05) is 30.0 Å². The van der Waals surface area contributed by atoms with E-state index in [1.54, 1.807) is 54.8 Å². The second-order valence-corrected chi connectivity index (χ2v) is 10.2. The van der Waals surface area contributed by atoms with Gasteiger partial charge in [-0.25, -0.2) is 9.88 Å². The Kier molecular flexibility index (Phi) is 6.49. The fraction of sp³-hybridized carbons (Fsp3) is 0.333. The van der Waals surface area contributed by atoms with Crippen molar-refractivity contribution in [2.45, 2.75) is 32.7 Å². The number of hydrogen-bond acceptors (Lipinski definition) is 7. The molecule has 1 aromatic heterocycles. The number of anilines is 2. The van der Waals surface area contributed by atoms with Crippen molar-refractivity contribution in [3.63, 3.8) is 0 Å². The van der Waals surface area contributed by atoms with Gasteiger partial charge >= 0.3 is 0 Å². The van der Waals surface area contributed by atoms with Crippen molar-refractivity contribution in [3.8, 4) is 5.75 Å². The molecule has 5 rings (SSSR count). The summed E-state index contributed by atoms with van der Waals surface area (Å²) < 4.78 is 5.19. The first-order valence-corrected chi connectivity index (χ1v) is 12.9. The van der Waals surface area contributed by atoms with Gasteiger partial charge < -0.3 is 15.0 Å². The van der Waals surface area contributed by atoms with Crippen LogP contribution < -0.4 is 19.9 Å². The first kappa shape index (κ1) is 24.0. The highest BCUT2D eigenvalue weighted by atomic mass is 32.1. The molecule has 186 valence electrons. The predicted molar refractivity (Wildman–Crippen MR) is 139 cm³/mol. The predicted octanol–water partition coefficient (Wildman–Crippen LogP) is 4.35. The molecule has 0 aliphatic carbocycles. The molecule has 3 aromatic rings. The minimum atomic E-state index is -0.352. The monoisotopic (exact) mass is 504 g/mol. The molecule has 2 aromatic carbocycles. The lowest BCUT2D eigenvalue weighted by molar-refractivity contribution is -0.125. The molecule has 0 saturated carbocycles. The van der Waals surface area contributed by atoms with Gasteiger partial charge in [-0.15, -0.1) is 11.3 Å². The topological polar surface area (TPSA) is 91.8 Å². The SMILES string of the molecule is COc1ccc(N2C(=O)c3cccc(N4CCC[C@@H](C(=O)N[C@@H](C)c5csc(C)n5)C4)c3C2=O)cc1. The van der Waals surface area contributed by atoms with Crippen LogP contribution in [0.2, 0.25) is 0 Å². The molecular weight excluding hydrogens is 476 g/mol. The number of fused-ring (bicyclic) bond motifs is 1. The Balaban J connectivity index is 1.36. The Hall–Kier alpha value is -3.72. The minimum absolute atomic E-state index is 0.0207. The number of methoxy groups -OCH3 is 1. The third-order valence-electron chi connectivity index (χ3n) is 6.80. The highest BCUT2D eigenvalue weighted by Gasteiger charge is 2.40. The Morgan fingerprint density at radius 2 is 1.94 bits per heavy atom. The maximum absolute atomic E-state index is 13.5. The number of thiazole rings is 1. The zero-order chi connectivity index (χ0) is 25.4. The van der Waals surface area contributed by atoms with Crippen molar-refractivity contribution in [3.05, 3.63) is 69.7 Å². The van der Waals surface area contributed by atoms with Crippen LogP contribution >= 0.6 is 11.3 Å². The van der Waals surface area contributed by atoms with Crippen LogP contribution in [-0.4, -0.2) is 42.9 Å². The van der Waals surface area contributed by atoms with E-state index in [1.807, 2.05) is 25.3 Å². The van der Waals surface area contributed by atoms with Crippen molar-refractivity contribution in [2.24, 2.45) is 5.92 Å².